The van der Waals surface area contributed by atoms with E-state index in [4.69, 9.17) is 5.73 Å². The Bertz CT molecular complexity index is 269. The van der Waals surface area contributed by atoms with Crippen LogP contribution in [-0.4, -0.2) is 17.4 Å². The van der Waals surface area contributed by atoms with Gasteiger partial charge in [0.05, 0.1) is 11.9 Å². The van der Waals surface area contributed by atoms with Gasteiger partial charge in [0.2, 0.25) is 5.91 Å². The van der Waals surface area contributed by atoms with Crippen LogP contribution in [-0.2, 0) is 4.79 Å². The van der Waals surface area contributed by atoms with Crippen molar-refractivity contribution in [3.05, 3.63) is 24.5 Å². The minimum absolute atomic E-state index is 0. The number of nitrogens with zero attached hydrogens (tertiary/aromatic N) is 1. The van der Waals surface area contributed by atoms with Crippen LogP contribution in [0.5, 0.6) is 0 Å². The van der Waals surface area contributed by atoms with Gasteiger partial charge >= 0.3 is 0 Å². The molecule has 3 N–H and O–H groups in total. The van der Waals surface area contributed by atoms with Crippen molar-refractivity contribution in [1.29, 1.82) is 0 Å². The van der Waals surface area contributed by atoms with Crippen molar-refractivity contribution >= 4 is 36.4 Å². The highest BCUT2D eigenvalue weighted by molar-refractivity contribution is 5.90. The summed E-state index contributed by atoms with van der Waals surface area (Å²) in [5.41, 5.74) is 6.00. The van der Waals surface area contributed by atoms with E-state index in [2.05, 4.69) is 10.3 Å². The van der Waals surface area contributed by atoms with Crippen LogP contribution in [0.2, 0.25) is 0 Å². The van der Waals surface area contributed by atoms with Crippen LogP contribution in [0, 0.1) is 0 Å². The number of hydrogen-bond acceptors (Lipinski definition) is 3. The lowest BCUT2D eigenvalue weighted by atomic mass is 10.3. The second kappa shape index (κ2) is 9.71. The van der Waals surface area contributed by atoms with Crippen LogP contribution in [0.4, 0.5) is 5.69 Å². The van der Waals surface area contributed by atoms with Crippen molar-refractivity contribution in [2.75, 3.05) is 11.9 Å². The molecule has 0 saturated carbocycles. The van der Waals surface area contributed by atoms with Gasteiger partial charge in [-0.05, 0) is 25.1 Å². The molecule has 0 radical (unpaired) electrons. The summed E-state index contributed by atoms with van der Waals surface area (Å²) < 4.78 is 0. The van der Waals surface area contributed by atoms with Gasteiger partial charge in [0.1, 0.15) is 0 Å². The third-order valence-electron chi connectivity index (χ3n) is 1.55. The first-order valence-corrected chi connectivity index (χ1v) is 4.23. The van der Waals surface area contributed by atoms with Crippen molar-refractivity contribution < 1.29 is 4.79 Å². The molecule has 1 aromatic rings. The smallest absolute Gasteiger partial charge is 0.224 e. The van der Waals surface area contributed by atoms with Crippen molar-refractivity contribution in [3.63, 3.8) is 0 Å². The quantitative estimate of drug-likeness (QED) is 0.855. The van der Waals surface area contributed by atoms with Gasteiger partial charge in [0.25, 0.3) is 0 Å². The van der Waals surface area contributed by atoms with Crippen molar-refractivity contribution in [2.24, 2.45) is 5.73 Å². The first-order chi connectivity index (χ1) is 6.33. The number of hydrogen-bond donors (Lipinski definition) is 2. The Kier molecular flexibility index (Phi) is 10.7. The lowest BCUT2D eigenvalue weighted by Gasteiger charge is -2.02. The summed E-state index contributed by atoms with van der Waals surface area (Å²) in [4.78, 5) is 15.1. The van der Waals surface area contributed by atoms with Gasteiger partial charge in [-0.25, -0.2) is 0 Å². The molecule has 1 amide bonds. The maximum Gasteiger partial charge on any atom is 0.224 e. The second-order valence-electron chi connectivity index (χ2n) is 2.68. The molecule has 0 bridgehead atoms. The first-order valence-electron chi connectivity index (χ1n) is 4.23. The van der Waals surface area contributed by atoms with E-state index in [1.807, 2.05) is 0 Å². The van der Waals surface area contributed by atoms with Gasteiger partial charge in [-0.2, -0.15) is 0 Å². The molecule has 0 spiro atoms. The molecular formula is C9H15Cl2N3O. The Morgan fingerprint density at radius 1 is 1.47 bits per heavy atom. The fourth-order valence-corrected chi connectivity index (χ4v) is 0.923. The van der Waals surface area contributed by atoms with E-state index in [0.717, 1.165) is 5.69 Å². The molecule has 1 aromatic heterocycles. The zero-order valence-electron chi connectivity index (χ0n) is 8.18. The van der Waals surface area contributed by atoms with E-state index < -0.39 is 0 Å². The zero-order valence-corrected chi connectivity index (χ0v) is 9.81. The molecule has 15 heavy (non-hydrogen) atoms. The number of anilines is 1. The molecule has 0 unspecified atom stereocenters. The van der Waals surface area contributed by atoms with Crippen molar-refractivity contribution in [2.45, 2.75) is 12.8 Å². The van der Waals surface area contributed by atoms with Crippen LogP contribution in [0.25, 0.3) is 0 Å². The maximum atomic E-state index is 11.2. The topological polar surface area (TPSA) is 68.0 Å². The van der Waals surface area contributed by atoms with Gasteiger partial charge in [-0.1, -0.05) is 0 Å². The third kappa shape index (κ3) is 7.13. The molecule has 86 valence electrons. The molecular weight excluding hydrogens is 237 g/mol. The Morgan fingerprint density at radius 2 is 2.20 bits per heavy atom. The standard InChI is InChI=1S/C9H13N3O.2ClH/c10-5-1-4-9(13)12-8-3-2-6-11-7-8;;/h2-3,6-7H,1,4-5,10H2,(H,12,13);2*1H. The number of pyridine rings is 1. The first kappa shape index (κ1) is 16.6. The van der Waals surface area contributed by atoms with E-state index in [1.165, 1.54) is 0 Å². The summed E-state index contributed by atoms with van der Waals surface area (Å²) in [5, 5.41) is 2.72. The summed E-state index contributed by atoms with van der Waals surface area (Å²) in [7, 11) is 0. The van der Waals surface area contributed by atoms with Gasteiger partial charge < -0.3 is 11.1 Å². The lowest BCUT2D eigenvalue weighted by molar-refractivity contribution is -0.116. The van der Waals surface area contributed by atoms with E-state index in [1.54, 1.807) is 24.5 Å². The molecule has 0 saturated heterocycles. The van der Waals surface area contributed by atoms with Crippen LogP contribution >= 0.6 is 24.8 Å². The highest BCUT2D eigenvalue weighted by Crippen LogP contribution is 2.03. The Hall–Kier alpha value is -0.840. The number of nitrogens with one attached hydrogen (secondary N) is 1. The SMILES string of the molecule is Cl.Cl.NCCCC(=O)Nc1cccnc1. The van der Waals surface area contributed by atoms with Crippen LogP contribution in [0.3, 0.4) is 0 Å². The third-order valence-corrected chi connectivity index (χ3v) is 1.55. The fraction of sp³-hybridized carbons (Fsp3) is 0.333. The summed E-state index contributed by atoms with van der Waals surface area (Å²) in [6, 6.07) is 3.58. The maximum absolute atomic E-state index is 11.2. The van der Waals surface area contributed by atoms with Gasteiger partial charge in [0, 0.05) is 12.6 Å². The van der Waals surface area contributed by atoms with Gasteiger partial charge in [-0.15, -0.1) is 24.8 Å². The zero-order chi connectivity index (χ0) is 9.52. The predicted molar refractivity (Wildman–Crippen MR) is 65.7 cm³/mol. The van der Waals surface area contributed by atoms with E-state index >= 15 is 0 Å². The summed E-state index contributed by atoms with van der Waals surface area (Å²) in [6.45, 7) is 0.542. The van der Waals surface area contributed by atoms with Crippen LogP contribution in [0.1, 0.15) is 12.8 Å². The van der Waals surface area contributed by atoms with E-state index in [0.29, 0.717) is 19.4 Å². The summed E-state index contributed by atoms with van der Waals surface area (Å²) in [6.07, 6.45) is 4.45. The molecule has 0 fully saturated rings. The van der Waals surface area contributed by atoms with Crippen molar-refractivity contribution in [1.82, 2.24) is 4.98 Å². The molecule has 0 aliphatic rings. The Morgan fingerprint density at radius 3 is 2.73 bits per heavy atom. The second-order valence-corrected chi connectivity index (χ2v) is 2.68. The molecule has 6 heteroatoms. The number of amides is 1. The average molecular weight is 252 g/mol. The molecule has 0 aliphatic heterocycles. The molecule has 0 aliphatic carbocycles. The number of carbonyl (C=O) groups excluding carboxylic acids is 1. The van der Waals surface area contributed by atoms with E-state index in [-0.39, 0.29) is 30.7 Å². The van der Waals surface area contributed by atoms with Crippen LogP contribution < -0.4 is 11.1 Å². The highest BCUT2D eigenvalue weighted by atomic mass is 35.5. The Balaban J connectivity index is 0. The Labute approximate surface area is 101 Å². The average Bonchev–Trinajstić information content (AvgIpc) is 2.16. The number of halogens is 2. The largest absolute Gasteiger partial charge is 0.330 e. The fourth-order valence-electron chi connectivity index (χ4n) is 0.923. The molecule has 1 heterocycles. The minimum Gasteiger partial charge on any atom is -0.330 e. The highest BCUT2D eigenvalue weighted by Gasteiger charge is 1.99. The molecule has 0 atom stereocenters. The lowest BCUT2D eigenvalue weighted by Crippen LogP contribution is -2.13. The molecule has 4 nitrogen and oxygen atoms in total. The normalized spacial score (nSPS) is 8.33. The van der Waals surface area contributed by atoms with Gasteiger partial charge in [0.15, 0.2) is 0 Å². The summed E-state index contributed by atoms with van der Waals surface area (Å²) >= 11 is 0. The number of nitrogens with two attached hydrogens (primary N) is 1. The monoisotopic (exact) mass is 251 g/mol. The number of carbonyl (C=O) groups is 1. The predicted octanol–water partition coefficient (Wildman–Crippen LogP) is 1.60. The number of rotatable bonds is 4. The summed E-state index contributed by atoms with van der Waals surface area (Å²) in [5.74, 6) is -0.0153. The van der Waals surface area contributed by atoms with Crippen LogP contribution in [0.15, 0.2) is 24.5 Å². The minimum atomic E-state index is -0.0153. The molecule has 0 aromatic carbocycles. The number of aromatic nitrogens is 1. The van der Waals surface area contributed by atoms with Gasteiger partial charge in [-0.3, -0.25) is 9.78 Å². The molecule has 1 rings (SSSR count). The van der Waals surface area contributed by atoms with E-state index in [9.17, 15) is 4.79 Å². The van der Waals surface area contributed by atoms with Crippen molar-refractivity contribution in [3.8, 4) is 0 Å².